The molecule has 0 bridgehead atoms. The van der Waals surface area contributed by atoms with E-state index in [0.29, 0.717) is 12.5 Å². The molecule has 1 unspecified atom stereocenters. The minimum absolute atomic E-state index is 0.0568. The van der Waals surface area contributed by atoms with Crippen LogP contribution in [-0.2, 0) is 11.3 Å². The molecule has 32 heavy (non-hydrogen) atoms. The quantitative estimate of drug-likeness (QED) is 0.312. The van der Waals surface area contributed by atoms with Gasteiger partial charge in [0.2, 0.25) is 5.91 Å². The average Bonchev–Trinajstić information content (AvgIpc) is 3.45. The van der Waals surface area contributed by atoms with Gasteiger partial charge in [-0.2, -0.15) is 11.3 Å². The maximum absolute atomic E-state index is 12.9. The summed E-state index contributed by atoms with van der Waals surface area (Å²) in [5, 5.41) is 16.4. The molecule has 0 aliphatic rings. The zero-order valence-corrected chi connectivity index (χ0v) is 20.0. The largest absolute Gasteiger partial charge is 0.325 e. The lowest BCUT2D eigenvalue weighted by Crippen LogP contribution is -2.23. The van der Waals surface area contributed by atoms with Gasteiger partial charge < -0.3 is 5.32 Å². The Morgan fingerprint density at radius 3 is 2.44 bits per heavy atom. The van der Waals surface area contributed by atoms with Crippen molar-refractivity contribution in [2.45, 2.75) is 43.6 Å². The maximum atomic E-state index is 12.9. The van der Waals surface area contributed by atoms with E-state index in [2.05, 4.69) is 63.6 Å². The van der Waals surface area contributed by atoms with E-state index in [1.165, 1.54) is 17.3 Å². The minimum atomic E-state index is -0.325. The fourth-order valence-electron chi connectivity index (χ4n) is 3.30. The highest BCUT2D eigenvalue weighted by Crippen LogP contribution is 2.29. The third-order valence-corrected chi connectivity index (χ3v) is 6.94. The second kappa shape index (κ2) is 10.1. The molecule has 1 N–H and O–H groups in total. The zero-order chi connectivity index (χ0) is 22.5. The molecule has 0 fully saturated rings. The minimum Gasteiger partial charge on any atom is -0.325 e. The number of thioether (sulfide) groups is 1. The Morgan fingerprint density at radius 1 is 1.03 bits per heavy atom. The molecule has 1 atom stereocenters. The Hall–Kier alpha value is -2.90. The number of thiophene rings is 1. The summed E-state index contributed by atoms with van der Waals surface area (Å²) < 4.78 is 2.09. The monoisotopic (exact) mass is 462 g/mol. The van der Waals surface area contributed by atoms with Crippen LogP contribution >= 0.6 is 23.1 Å². The van der Waals surface area contributed by atoms with Gasteiger partial charge in [-0.1, -0.05) is 68.1 Å². The van der Waals surface area contributed by atoms with E-state index in [1.54, 1.807) is 11.3 Å². The second-order valence-corrected chi connectivity index (χ2v) is 10.0. The third-order valence-electron chi connectivity index (χ3n) is 5.18. The number of nitrogens with zero attached hydrogens (tertiary/aromatic N) is 3. The first-order chi connectivity index (χ1) is 15.5. The van der Waals surface area contributed by atoms with E-state index >= 15 is 0 Å². The SMILES string of the molecule is CC(Sc1nnc(-c2ccsc2)n1Cc1ccccc1)C(=O)Nc1ccc(C(C)C)cc1. The van der Waals surface area contributed by atoms with Crippen LogP contribution in [0.3, 0.4) is 0 Å². The van der Waals surface area contributed by atoms with E-state index < -0.39 is 0 Å². The number of carbonyl (C=O) groups is 1. The Balaban J connectivity index is 1.52. The molecule has 2 aromatic carbocycles. The molecule has 2 heterocycles. The lowest BCUT2D eigenvalue weighted by atomic mass is 10.0. The summed E-state index contributed by atoms with van der Waals surface area (Å²) in [4.78, 5) is 12.9. The fraction of sp³-hybridized carbons (Fsp3) is 0.240. The van der Waals surface area contributed by atoms with Crippen LogP contribution in [-0.4, -0.2) is 25.9 Å². The molecule has 1 amide bonds. The predicted molar refractivity (Wildman–Crippen MR) is 133 cm³/mol. The van der Waals surface area contributed by atoms with Crippen molar-refractivity contribution in [1.82, 2.24) is 14.8 Å². The smallest absolute Gasteiger partial charge is 0.237 e. The standard InChI is InChI=1S/C25H26N4OS2/c1-17(2)20-9-11-22(12-10-20)26-24(30)18(3)32-25-28-27-23(21-13-14-31-16-21)29(25)15-19-7-5-4-6-8-19/h4-14,16-18H,15H2,1-3H3,(H,26,30). The summed E-state index contributed by atoms with van der Waals surface area (Å²) in [5.74, 6) is 1.22. The van der Waals surface area contributed by atoms with Crippen molar-refractivity contribution in [3.8, 4) is 11.4 Å². The molecule has 4 rings (SSSR count). The highest BCUT2D eigenvalue weighted by Gasteiger charge is 2.21. The number of anilines is 1. The van der Waals surface area contributed by atoms with Crippen molar-refractivity contribution in [1.29, 1.82) is 0 Å². The van der Waals surface area contributed by atoms with E-state index in [-0.39, 0.29) is 11.2 Å². The number of aromatic nitrogens is 3. The normalized spacial score (nSPS) is 12.1. The lowest BCUT2D eigenvalue weighted by molar-refractivity contribution is -0.115. The van der Waals surface area contributed by atoms with Gasteiger partial charge in [-0.05, 0) is 47.5 Å². The van der Waals surface area contributed by atoms with E-state index in [9.17, 15) is 4.79 Å². The topological polar surface area (TPSA) is 59.8 Å². The number of carbonyl (C=O) groups excluding carboxylic acids is 1. The Bertz CT molecular complexity index is 1150. The molecule has 4 aromatic rings. The number of nitrogens with one attached hydrogen (secondary N) is 1. The molecule has 0 spiro atoms. The molecule has 0 saturated heterocycles. The van der Waals surface area contributed by atoms with Crippen molar-refractivity contribution >= 4 is 34.7 Å². The molecule has 7 heteroatoms. The van der Waals surface area contributed by atoms with Gasteiger partial charge in [-0.25, -0.2) is 0 Å². The van der Waals surface area contributed by atoms with Crippen LogP contribution in [0.1, 0.15) is 37.8 Å². The van der Waals surface area contributed by atoms with Crippen molar-refractivity contribution in [3.05, 3.63) is 82.6 Å². The second-order valence-electron chi connectivity index (χ2n) is 7.92. The van der Waals surface area contributed by atoms with Crippen LogP contribution in [0.4, 0.5) is 5.69 Å². The van der Waals surface area contributed by atoms with Gasteiger partial charge in [0.15, 0.2) is 11.0 Å². The molecule has 0 saturated carbocycles. The number of hydrogen-bond acceptors (Lipinski definition) is 5. The lowest BCUT2D eigenvalue weighted by Gasteiger charge is -2.14. The van der Waals surface area contributed by atoms with Gasteiger partial charge in [-0.15, -0.1) is 10.2 Å². The first kappa shape index (κ1) is 22.3. The first-order valence-corrected chi connectivity index (χ1v) is 12.4. The Kier molecular flexibility index (Phi) is 7.07. The Morgan fingerprint density at radius 2 is 1.78 bits per heavy atom. The highest BCUT2D eigenvalue weighted by atomic mass is 32.2. The molecule has 164 valence electrons. The summed E-state index contributed by atoms with van der Waals surface area (Å²) >= 11 is 3.05. The third kappa shape index (κ3) is 5.29. The summed E-state index contributed by atoms with van der Waals surface area (Å²) in [5.41, 5.74) is 4.25. The van der Waals surface area contributed by atoms with E-state index in [1.807, 2.05) is 48.7 Å². The van der Waals surface area contributed by atoms with Gasteiger partial charge in [0.05, 0.1) is 11.8 Å². The van der Waals surface area contributed by atoms with E-state index in [4.69, 9.17) is 0 Å². The number of benzene rings is 2. The van der Waals surface area contributed by atoms with E-state index in [0.717, 1.165) is 27.8 Å². The molecule has 5 nitrogen and oxygen atoms in total. The van der Waals surface area contributed by atoms with Crippen LogP contribution in [0, 0.1) is 0 Å². The van der Waals surface area contributed by atoms with Gasteiger partial charge in [-0.3, -0.25) is 9.36 Å². The zero-order valence-electron chi connectivity index (χ0n) is 18.4. The van der Waals surface area contributed by atoms with Crippen molar-refractivity contribution in [3.63, 3.8) is 0 Å². The van der Waals surface area contributed by atoms with Gasteiger partial charge in [0.25, 0.3) is 0 Å². The highest BCUT2D eigenvalue weighted by molar-refractivity contribution is 8.00. The van der Waals surface area contributed by atoms with Crippen LogP contribution in [0.2, 0.25) is 0 Å². The maximum Gasteiger partial charge on any atom is 0.237 e. The molecular weight excluding hydrogens is 436 g/mol. The summed E-state index contributed by atoms with van der Waals surface area (Å²) in [6, 6.07) is 20.3. The number of hydrogen-bond donors (Lipinski definition) is 1. The summed E-state index contributed by atoms with van der Waals surface area (Å²) in [6.07, 6.45) is 0. The van der Waals surface area contributed by atoms with Crippen molar-refractivity contribution in [2.24, 2.45) is 0 Å². The van der Waals surface area contributed by atoms with Crippen molar-refractivity contribution < 1.29 is 4.79 Å². The van der Waals surface area contributed by atoms with Crippen molar-refractivity contribution in [2.75, 3.05) is 5.32 Å². The van der Waals surface area contributed by atoms with Gasteiger partial charge in [0.1, 0.15) is 0 Å². The molecule has 0 aliphatic heterocycles. The molecular formula is C25H26N4OS2. The van der Waals surface area contributed by atoms with Gasteiger partial charge >= 0.3 is 0 Å². The predicted octanol–water partition coefficient (Wildman–Crippen LogP) is 6.30. The van der Waals surface area contributed by atoms with Gasteiger partial charge in [0, 0.05) is 16.6 Å². The first-order valence-electron chi connectivity index (χ1n) is 10.6. The fourth-order valence-corrected chi connectivity index (χ4v) is 4.78. The van der Waals surface area contributed by atoms with Crippen LogP contribution in [0.5, 0.6) is 0 Å². The molecule has 0 radical (unpaired) electrons. The van der Waals surface area contributed by atoms with Crippen LogP contribution < -0.4 is 5.32 Å². The number of rotatable bonds is 8. The molecule has 2 aromatic heterocycles. The average molecular weight is 463 g/mol. The number of amides is 1. The molecule has 0 aliphatic carbocycles. The van der Waals surface area contributed by atoms with Crippen LogP contribution in [0.15, 0.2) is 76.6 Å². The van der Waals surface area contributed by atoms with Crippen LogP contribution in [0.25, 0.3) is 11.4 Å². The summed E-state index contributed by atoms with van der Waals surface area (Å²) in [7, 11) is 0. The summed E-state index contributed by atoms with van der Waals surface area (Å²) in [6.45, 7) is 6.85. The Labute approximate surface area is 196 Å².